The van der Waals surface area contributed by atoms with E-state index in [4.69, 9.17) is 9.47 Å². The molecule has 0 aliphatic carbocycles. The molecular formula is C19H26N2O2. The van der Waals surface area contributed by atoms with E-state index in [1.54, 1.807) is 13.3 Å². The van der Waals surface area contributed by atoms with Gasteiger partial charge in [-0.05, 0) is 42.7 Å². The standard InChI is InChI=1S/C19H26N2O2/c1-4-5-11-23-18-9-8-17(12-19(18)22-3)15(2)21-14-16-7-6-10-20-13-16/h6-10,12-13,15,21H,4-5,11,14H2,1-3H3. The predicted molar refractivity (Wildman–Crippen MR) is 92.9 cm³/mol. The number of rotatable bonds is 9. The third-order valence-corrected chi connectivity index (χ3v) is 3.78. The summed E-state index contributed by atoms with van der Waals surface area (Å²) in [6.45, 7) is 5.80. The van der Waals surface area contributed by atoms with Crippen molar-refractivity contribution in [3.8, 4) is 11.5 Å². The SMILES string of the molecule is CCCCOc1ccc(C(C)NCc2cccnc2)cc1OC. The highest BCUT2D eigenvalue weighted by Gasteiger charge is 2.10. The van der Waals surface area contributed by atoms with Crippen LogP contribution in [-0.4, -0.2) is 18.7 Å². The summed E-state index contributed by atoms with van der Waals surface area (Å²) in [5, 5.41) is 3.50. The van der Waals surface area contributed by atoms with Crippen LogP contribution in [0.3, 0.4) is 0 Å². The highest BCUT2D eigenvalue weighted by Crippen LogP contribution is 2.30. The van der Waals surface area contributed by atoms with E-state index in [0.717, 1.165) is 37.5 Å². The minimum Gasteiger partial charge on any atom is -0.493 e. The Balaban J connectivity index is 1.98. The molecule has 1 aromatic heterocycles. The average Bonchev–Trinajstić information content (AvgIpc) is 2.61. The number of aromatic nitrogens is 1. The fraction of sp³-hybridized carbons (Fsp3) is 0.421. The van der Waals surface area contributed by atoms with E-state index < -0.39 is 0 Å². The summed E-state index contributed by atoms with van der Waals surface area (Å²) < 4.78 is 11.2. The molecule has 1 aromatic carbocycles. The monoisotopic (exact) mass is 314 g/mol. The van der Waals surface area contributed by atoms with Gasteiger partial charge in [-0.3, -0.25) is 4.98 Å². The molecule has 1 unspecified atom stereocenters. The van der Waals surface area contributed by atoms with Gasteiger partial charge in [-0.15, -0.1) is 0 Å². The number of unbranched alkanes of at least 4 members (excludes halogenated alkanes) is 1. The van der Waals surface area contributed by atoms with E-state index in [0.29, 0.717) is 0 Å². The number of hydrogen-bond acceptors (Lipinski definition) is 4. The second kappa shape index (κ2) is 9.16. The predicted octanol–water partition coefficient (Wildman–Crippen LogP) is 4.12. The van der Waals surface area contributed by atoms with Crippen LogP contribution in [0.2, 0.25) is 0 Å². The van der Waals surface area contributed by atoms with Crippen LogP contribution in [0, 0.1) is 0 Å². The van der Waals surface area contributed by atoms with Crippen molar-refractivity contribution in [2.24, 2.45) is 0 Å². The van der Waals surface area contributed by atoms with E-state index in [1.165, 1.54) is 11.1 Å². The molecule has 4 heteroatoms. The maximum atomic E-state index is 5.78. The molecule has 0 aliphatic heterocycles. The molecule has 0 saturated carbocycles. The Hall–Kier alpha value is -2.07. The topological polar surface area (TPSA) is 43.4 Å². The van der Waals surface area contributed by atoms with E-state index in [2.05, 4.69) is 36.3 Å². The highest BCUT2D eigenvalue weighted by atomic mass is 16.5. The third-order valence-electron chi connectivity index (χ3n) is 3.78. The van der Waals surface area contributed by atoms with Gasteiger partial charge in [0.25, 0.3) is 0 Å². The lowest BCUT2D eigenvalue weighted by molar-refractivity contribution is 0.288. The lowest BCUT2D eigenvalue weighted by Gasteiger charge is -2.17. The number of nitrogens with zero attached hydrogens (tertiary/aromatic N) is 1. The maximum Gasteiger partial charge on any atom is 0.161 e. The molecule has 2 rings (SSSR count). The van der Waals surface area contributed by atoms with Crippen LogP contribution in [0.5, 0.6) is 11.5 Å². The first-order valence-corrected chi connectivity index (χ1v) is 8.17. The lowest BCUT2D eigenvalue weighted by Crippen LogP contribution is -2.18. The Bertz CT molecular complexity index is 587. The van der Waals surface area contributed by atoms with Crippen LogP contribution in [0.4, 0.5) is 0 Å². The first-order valence-electron chi connectivity index (χ1n) is 8.17. The molecule has 0 bridgehead atoms. The summed E-state index contributed by atoms with van der Waals surface area (Å²) in [6.07, 6.45) is 5.84. The Kier molecular flexibility index (Phi) is 6.88. The number of benzene rings is 1. The van der Waals surface area contributed by atoms with Gasteiger partial charge >= 0.3 is 0 Å². The molecule has 124 valence electrons. The normalized spacial score (nSPS) is 12.0. The quantitative estimate of drug-likeness (QED) is 0.707. The summed E-state index contributed by atoms with van der Waals surface area (Å²) in [7, 11) is 1.68. The summed E-state index contributed by atoms with van der Waals surface area (Å²) in [4.78, 5) is 4.13. The first-order chi connectivity index (χ1) is 11.2. The molecule has 0 amide bonds. The summed E-state index contributed by atoms with van der Waals surface area (Å²) in [6, 6.07) is 10.4. The van der Waals surface area contributed by atoms with Crippen molar-refractivity contribution in [1.29, 1.82) is 0 Å². The Labute approximate surface area is 138 Å². The van der Waals surface area contributed by atoms with Crippen molar-refractivity contribution in [3.05, 3.63) is 53.9 Å². The number of hydrogen-bond donors (Lipinski definition) is 1. The van der Waals surface area contributed by atoms with Crippen LogP contribution in [0.25, 0.3) is 0 Å². The molecular weight excluding hydrogens is 288 g/mol. The summed E-state index contributed by atoms with van der Waals surface area (Å²) in [5.41, 5.74) is 2.35. The van der Waals surface area contributed by atoms with E-state index in [9.17, 15) is 0 Å². The number of pyridine rings is 1. The third kappa shape index (κ3) is 5.25. The summed E-state index contributed by atoms with van der Waals surface area (Å²) in [5.74, 6) is 1.60. The van der Waals surface area contributed by atoms with Crippen molar-refractivity contribution in [2.75, 3.05) is 13.7 Å². The molecule has 1 atom stereocenters. The van der Waals surface area contributed by atoms with Crippen LogP contribution in [0.1, 0.15) is 43.9 Å². The van der Waals surface area contributed by atoms with E-state index in [-0.39, 0.29) is 6.04 Å². The van der Waals surface area contributed by atoms with Crippen molar-refractivity contribution in [3.63, 3.8) is 0 Å². The molecule has 4 nitrogen and oxygen atoms in total. The number of ether oxygens (including phenoxy) is 2. The summed E-state index contributed by atoms with van der Waals surface area (Å²) >= 11 is 0. The molecule has 1 heterocycles. The number of methoxy groups -OCH3 is 1. The molecule has 0 spiro atoms. The minimum atomic E-state index is 0.216. The van der Waals surface area contributed by atoms with Gasteiger partial charge in [0.15, 0.2) is 11.5 Å². The fourth-order valence-electron chi connectivity index (χ4n) is 2.29. The Morgan fingerprint density at radius 1 is 1.22 bits per heavy atom. The largest absolute Gasteiger partial charge is 0.493 e. The van der Waals surface area contributed by atoms with Gasteiger partial charge in [-0.1, -0.05) is 25.5 Å². The Morgan fingerprint density at radius 2 is 2.09 bits per heavy atom. The van der Waals surface area contributed by atoms with Crippen LogP contribution in [0.15, 0.2) is 42.7 Å². The molecule has 0 radical (unpaired) electrons. The van der Waals surface area contributed by atoms with Crippen LogP contribution in [-0.2, 0) is 6.54 Å². The van der Waals surface area contributed by atoms with Gasteiger partial charge < -0.3 is 14.8 Å². The molecule has 0 fully saturated rings. The van der Waals surface area contributed by atoms with Crippen molar-refractivity contribution < 1.29 is 9.47 Å². The molecule has 2 aromatic rings. The van der Waals surface area contributed by atoms with Gasteiger partial charge in [-0.25, -0.2) is 0 Å². The molecule has 23 heavy (non-hydrogen) atoms. The van der Waals surface area contributed by atoms with Crippen LogP contribution < -0.4 is 14.8 Å². The smallest absolute Gasteiger partial charge is 0.161 e. The van der Waals surface area contributed by atoms with Gasteiger partial charge in [0, 0.05) is 25.0 Å². The average molecular weight is 314 g/mol. The molecule has 1 N–H and O–H groups in total. The zero-order chi connectivity index (χ0) is 16.5. The Morgan fingerprint density at radius 3 is 2.78 bits per heavy atom. The maximum absolute atomic E-state index is 5.78. The molecule has 0 saturated heterocycles. The lowest BCUT2D eigenvalue weighted by atomic mass is 10.1. The first kappa shape index (κ1) is 17.3. The minimum absolute atomic E-state index is 0.216. The van der Waals surface area contributed by atoms with Crippen LogP contribution >= 0.6 is 0 Å². The zero-order valence-electron chi connectivity index (χ0n) is 14.2. The highest BCUT2D eigenvalue weighted by molar-refractivity contribution is 5.43. The van der Waals surface area contributed by atoms with Gasteiger partial charge in [0.1, 0.15) is 0 Å². The van der Waals surface area contributed by atoms with E-state index in [1.807, 2.05) is 24.4 Å². The van der Waals surface area contributed by atoms with Crippen molar-refractivity contribution >= 4 is 0 Å². The fourth-order valence-corrected chi connectivity index (χ4v) is 2.29. The van der Waals surface area contributed by atoms with Crippen molar-refractivity contribution in [2.45, 2.75) is 39.3 Å². The molecule has 0 aliphatic rings. The van der Waals surface area contributed by atoms with Gasteiger partial charge in [0.2, 0.25) is 0 Å². The zero-order valence-corrected chi connectivity index (χ0v) is 14.2. The second-order valence-corrected chi connectivity index (χ2v) is 5.58. The number of nitrogens with one attached hydrogen (secondary N) is 1. The van der Waals surface area contributed by atoms with Gasteiger partial charge in [0.05, 0.1) is 13.7 Å². The van der Waals surface area contributed by atoms with Gasteiger partial charge in [-0.2, -0.15) is 0 Å². The van der Waals surface area contributed by atoms with Crippen molar-refractivity contribution in [1.82, 2.24) is 10.3 Å². The van der Waals surface area contributed by atoms with E-state index >= 15 is 0 Å². The second-order valence-electron chi connectivity index (χ2n) is 5.58.